The molecule has 118 valence electrons. The molecule has 0 aliphatic rings. The van der Waals surface area contributed by atoms with Crippen LogP contribution in [0.4, 0.5) is 5.69 Å². The summed E-state index contributed by atoms with van der Waals surface area (Å²) in [6.07, 6.45) is 0. The zero-order valence-electron chi connectivity index (χ0n) is 13.6. The summed E-state index contributed by atoms with van der Waals surface area (Å²) in [5, 5.41) is 10.7. The van der Waals surface area contributed by atoms with Crippen LogP contribution in [-0.4, -0.2) is 14.8 Å². The molecule has 0 atom stereocenters. The first-order valence-corrected chi connectivity index (χ1v) is 8.00. The van der Waals surface area contributed by atoms with Gasteiger partial charge in [-0.25, -0.2) is 0 Å². The van der Waals surface area contributed by atoms with Gasteiger partial charge in [0.1, 0.15) is 0 Å². The van der Waals surface area contributed by atoms with Crippen molar-refractivity contribution in [3.8, 4) is 5.69 Å². The van der Waals surface area contributed by atoms with Gasteiger partial charge in [0.15, 0.2) is 10.6 Å². The van der Waals surface area contributed by atoms with E-state index in [0.29, 0.717) is 11.3 Å². The molecule has 2 N–H and O–H groups in total. The second-order valence-electron chi connectivity index (χ2n) is 5.79. The van der Waals surface area contributed by atoms with Crippen molar-refractivity contribution in [3.05, 3.63) is 69.8 Å². The fraction of sp³-hybridized carbons (Fsp3) is 0.222. The summed E-state index contributed by atoms with van der Waals surface area (Å²) < 4.78 is 2.61. The summed E-state index contributed by atoms with van der Waals surface area (Å²) in [5.74, 6) is 0.865. The average molecular weight is 324 g/mol. The van der Waals surface area contributed by atoms with Crippen LogP contribution in [0.1, 0.15) is 22.5 Å². The largest absolute Gasteiger partial charge is 0.378 e. The zero-order valence-corrected chi connectivity index (χ0v) is 14.4. The Morgan fingerprint density at radius 1 is 1.04 bits per heavy atom. The van der Waals surface area contributed by atoms with Crippen molar-refractivity contribution >= 4 is 17.9 Å². The number of hydrogen-bond acceptors (Lipinski definition) is 3. The van der Waals surface area contributed by atoms with Crippen molar-refractivity contribution < 1.29 is 0 Å². The van der Waals surface area contributed by atoms with Gasteiger partial charge in [-0.3, -0.25) is 9.67 Å². The van der Waals surface area contributed by atoms with E-state index in [9.17, 15) is 0 Å². The molecule has 3 aromatic rings. The fourth-order valence-corrected chi connectivity index (χ4v) is 2.76. The lowest BCUT2D eigenvalue weighted by atomic mass is 10.1. The maximum Gasteiger partial charge on any atom is 0.199 e. The van der Waals surface area contributed by atoms with E-state index in [1.165, 1.54) is 16.7 Å². The second kappa shape index (κ2) is 6.38. The Hall–Kier alpha value is -2.40. The van der Waals surface area contributed by atoms with Gasteiger partial charge in [0.25, 0.3) is 0 Å². The summed E-state index contributed by atoms with van der Waals surface area (Å²) >= 11 is 5.42. The normalized spacial score (nSPS) is 10.7. The van der Waals surface area contributed by atoms with Crippen LogP contribution in [0.15, 0.2) is 42.5 Å². The number of anilines is 1. The molecule has 1 heterocycles. The molecular weight excluding hydrogens is 304 g/mol. The van der Waals surface area contributed by atoms with Gasteiger partial charge in [-0.15, -0.1) is 0 Å². The molecule has 1 aromatic heterocycles. The first kappa shape index (κ1) is 15.5. The Kier molecular flexibility index (Phi) is 4.30. The molecule has 4 nitrogen and oxygen atoms in total. The van der Waals surface area contributed by atoms with Gasteiger partial charge in [0.2, 0.25) is 0 Å². The molecule has 0 radical (unpaired) electrons. The highest BCUT2D eigenvalue weighted by Gasteiger charge is 2.10. The predicted molar refractivity (Wildman–Crippen MR) is 96.7 cm³/mol. The van der Waals surface area contributed by atoms with Gasteiger partial charge in [0.05, 0.1) is 12.2 Å². The Labute approximate surface area is 141 Å². The number of rotatable bonds is 4. The Bertz CT molecular complexity index is 875. The molecule has 0 saturated carbocycles. The van der Waals surface area contributed by atoms with Gasteiger partial charge in [-0.1, -0.05) is 29.8 Å². The van der Waals surface area contributed by atoms with Crippen molar-refractivity contribution in [3.63, 3.8) is 0 Å². The van der Waals surface area contributed by atoms with Crippen LogP contribution < -0.4 is 5.32 Å². The molecule has 0 aliphatic carbocycles. The molecule has 0 fully saturated rings. The van der Waals surface area contributed by atoms with Crippen molar-refractivity contribution in [1.82, 2.24) is 14.8 Å². The molecule has 2 aromatic carbocycles. The lowest BCUT2D eigenvalue weighted by molar-refractivity contribution is 0.882. The van der Waals surface area contributed by atoms with Crippen molar-refractivity contribution in [1.29, 1.82) is 0 Å². The summed E-state index contributed by atoms with van der Waals surface area (Å²) in [6.45, 7) is 6.84. The first-order chi connectivity index (χ1) is 11.0. The quantitative estimate of drug-likeness (QED) is 0.696. The maximum absolute atomic E-state index is 5.42. The van der Waals surface area contributed by atoms with Gasteiger partial charge in [-0.2, -0.15) is 5.10 Å². The van der Waals surface area contributed by atoms with E-state index in [2.05, 4.69) is 78.7 Å². The van der Waals surface area contributed by atoms with Crippen LogP contribution in [0.5, 0.6) is 0 Å². The topological polar surface area (TPSA) is 45.6 Å². The fourth-order valence-electron chi connectivity index (χ4n) is 2.51. The molecule has 0 spiro atoms. The Balaban J connectivity index is 1.91. The van der Waals surface area contributed by atoms with E-state index in [1.54, 1.807) is 0 Å². The molecule has 3 rings (SSSR count). The van der Waals surface area contributed by atoms with Gasteiger partial charge < -0.3 is 5.32 Å². The van der Waals surface area contributed by atoms with Crippen LogP contribution in [0.25, 0.3) is 5.69 Å². The summed E-state index contributed by atoms with van der Waals surface area (Å²) in [4.78, 5) is 0. The average Bonchev–Trinajstić information content (AvgIpc) is 2.90. The van der Waals surface area contributed by atoms with Crippen LogP contribution in [0, 0.1) is 25.5 Å². The molecule has 0 aliphatic heterocycles. The van der Waals surface area contributed by atoms with E-state index in [0.717, 1.165) is 17.2 Å². The van der Waals surface area contributed by atoms with Crippen LogP contribution in [-0.2, 0) is 6.54 Å². The number of aryl methyl sites for hydroxylation is 3. The monoisotopic (exact) mass is 324 g/mol. The third kappa shape index (κ3) is 3.35. The van der Waals surface area contributed by atoms with Crippen molar-refractivity contribution in [2.75, 3.05) is 5.32 Å². The lowest BCUT2D eigenvalue weighted by Gasteiger charge is -2.12. The SMILES string of the molecule is Cc1ccc(NCc2n[nH]c(=S)n2-c2cc(C)ccc2C)cc1. The minimum Gasteiger partial charge on any atom is -0.378 e. The molecule has 0 amide bonds. The third-order valence-corrected chi connectivity index (χ3v) is 4.12. The molecule has 0 bridgehead atoms. The number of nitrogens with zero attached hydrogens (tertiary/aromatic N) is 2. The van der Waals surface area contributed by atoms with E-state index in [1.807, 2.05) is 4.57 Å². The highest BCUT2D eigenvalue weighted by Crippen LogP contribution is 2.19. The third-order valence-electron chi connectivity index (χ3n) is 3.85. The highest BCUT2D eigenvalue weighted by molar-refractivity contribution is 7.71. The van der Waals surface area contributed by atoms with E-state index >= 15 is 0 Å². The number of aromatic amines is 1. The summed E-state index contributed by atoms with van der Waals surface area (Å²) in [6, 6.07) is 14.7. The minimum absolute atomic E-state index is 0.601. The van der Waals surface area contributed by atoms with Crippen molar-refractivity contribution in [2.24, 2.45) is 0 Å². The highest BCUT2D eigenvalue weighted by atomic mass is 32.1. The standard InChI is InChI=1S/C18H20N4S/c1-12-5-8-15(9-6-12)19-11-17-20-21-18(23)22(17)16-10-13(2)4-7-14(16)3/h4-10,19H,11H2,1-3H3,(H,21,23). The molecule has 5 heteroatoms. The van der Waals surface area contributed by atoms with Crippen LogP contribution in [0.3, 0.4) is 0 Å². The van der Waals surface area contributed by atoms with Gasteiger partial charge in [-0.05, 0) is 62.3 Å². The number of aromatic nitrogens is 3. The molecule has 23 heavy (non-hydrogen) atoms. The minimum atomic E-state index is 0.601. The Morgan fingerprint density at radius 3 is 2.48 bits per heavy atom. The van der Waals surface area contributed by atoms with Crippen molar-refractivity contribution in [2.45, 2.75) is 27.3 Å². The molecule has 0 unspecified atom stereocenters. The number of H-pyrrole nitrogens is 1. The number of hydrogen-bond donors (Lipinski definition) is 2. The number of benzene rings is 2. The molecule has 0 saturated heterocycles. The predicted octanol–water partition coefficient (Wildman–Crippen LogP) is 4.47. The number of nitrogens with one attached hydrogen (secondary N) is 2. The van der Waals surface area contributed by atoms with Crippen LogP contribution >= 0.6 is 12.2 Å². The second-order valence-corrected chi connectivity index (χ2v) is 6.18. The van der Waals surface area contributed by atoms with E-state index < -0.39 is 0 Å². The Morgan fingerprint density at radius 2 is 1.74 bits per heavy atom. The molecular formula is C18H20N4S. The zero-order chi connectivity index (χ0) is 16.4. The summed E-state index contributed by atoms with van der Waals surface area (Å²) in [7, 11) is 0. The van der Waals surface area contributed by atoms with E-state index in [-0.39, 0.29) is 0 Å². The van der Waals surface area contributed by atoms with Gasteiger partial charge >= 0.3 is 0 Å². The van der Waals surface area contributed by atoms with E-state index in [4.69, 9.17) is 12.2 Å². The lowest BCUT2D eigenvalue weighted by Crippen LogP contribution is -2.09. The summed E-state index contributed by atoms with van der Waals surface area (Å²) in [5.41, 5.74) is 5.76. The van der Waals surface area contributed by atoms with Gasteiger partial charge in [0, 0.05) is 5.69 Å². The smallest absolute Gasteiger partial charge is 0.199 e. The first-order valence-electron chi connectivity index (χ1n) is 7.59. The van der Waals surface area contributed by atoms with Crippen LogP contribution in [0.2, 0.25) is 0 Å². The maximum atomic E-state index is 5.42.